The van der Waals surface area contributed by atoms with Crippen molar-refractivity contribution in [3.63, 3.8) is 0 Å². The van der Waals surface area contributed by atoms with Crippen molar-refractivity contribution >= 4 is 28.2 Å². The van der Waals surface area contributed by atoms with Crippen LogP contribution < -0.4 is 14.8 Å². The number of amides is 1. The number of hydrogen-bond donors (Lipinski definition) is 1. The Kier molecular flexibility index (Phi) is 6.63. The molecule has 1 aromatic heterocycles. The molecule has 2 aromatic rings. The van der Waals surface area contributed by atoms with Gasteiger partial charge in [0.2, 0.25) is 0 Å². The van der Waals surface area contributed by atoms with Crippen LogP contribution in [-0.4, -0.2) is 32.2 Å². The van der Waals surface area contributed by atoms with E-state index < -0.39 is 5.97 Å². The van der Waals surface area contributed by atoms with E-state index in [1.54, 1.807) is 18.2 Å². The fourth-order valence-corrected chi connectivity index (χ4v) is 3.47. The second kappa shape index (κ2) is 8.71. The first-order chi connectivity index (χ1) is 12.4. The summed E-state index contributed by atoms with van der Waals surface area (Å²) in [5.41, 5.74) is 1.61. The monoisotopic (exact) mass is 377 g/mol. The Morgan fingerprint density at radius 2 is 1.73 bits per heavy atom. The van der Waals surface area contributed by atoms with Gasteiger partial charge in [-0.05, 0) is 51.5 Å². The number of hydrogen-bond acceptors (Lipinski definition) is 6. The third kappa shape index (κ3) is 4.16. The number of carbonyl (C=O) groups excluding carboxylic acids is 2. The zero-order valence-electron chi connectivity index (χ0n) is 15.6. The van der Waals surface area contributed by atoms with E-state index in [4.69, 9.17) is 14.2 Å². The molecule has 0 radical (unpaired) electrons. The number of thiophene rings is 1. The van der Waals surface area contributed by atoms with Gasteiger partial charge < -0.3 is 19.5 Å². The van der Waals surface area contributed by atoms with Gasteiger partial charge in [0.25, 0.3) is 5.91 Å². The van der Waals surface area contributed by atoms with Crippen LogP contribution in [-0.2, 0) is 4.74 Å². The average molecular weight is 377 g/mol. The van der Waals surface area contributed by atoms with E-state index in [2.05, 4.69) is 5.32 Å². The highest BCUT2D eigenvalue weighted by molar-refractivity contribution is 7.16. The Bertz CT molecular complexity index is 813. The minimum atomic E-state index is -0.469. The van der Waals surface area contributed by atoms with Crippen LogP contribution in [0.4, 0.5) is 5.00 Å². The van der Waals surface area contributed by atoms with Crippen LogP contribution in [0, 0.1) is 13.8 Å². The lowest BCUT2D eigenvalue weighted by molar-refractivity contribution is 0.0601. The summed E-state index contributed by atoms with van der Waals surface area (Å²) in [5.74, 6) is 0.293. The molecular weight excluding hydrogens is 354 g/mol. The Morgan fingerprint density at radius 3 is 2.35 bits per heavy atom. The SMILES string of the molecule is CCOc1ccc(C(=O)Nc2sc(C)c(C)c2C(=O)OC)cc1OCC. The molecule has 0 fully saturated rings. The zero-order chi connectivity index (χ0) is 19.3. The maximum atomic E-state index is 12.7. The lowest BCUT2D eigenvalue weighted by Gasteiger charge is -2.12. The zero-order valence-corrected chi connectivity index (χ0v) is 16.4. The second-order valence-corrected chi connectivity index (χ2v) is 6.69. The maximum absolute atomic E-state index is 12.7. The number of methoxy groups -OCH3 is 1. The van der Waals surface area contributed by atoms with E-state index in [1.807, 2.05) is 27.7 Å². The molecule has 26 heavy (non-hydrogen) atoms. The highest BCUT2D eigenvalue weighted by Gasteiger charge is 2.22. The van der Waals surface area contributed by atoms with Crippen molar-refractivity contribution in [1.82, 2.24) is 0 Å². The molecule has 7 heteroatoms. The topological polar surface area (TPSA) is 73.9 Å². The van der Waals surface area contributed by atoms with Gasteiger partial charge >= 0.3 is 5.97 Å². The Balaban J connectivity index is 2.32. The second-order valence-electron chi connectivity index (χ2n) is 5.46. The number of anilines is 1. The Labute approximate surface area is 157 Å². The molecule has 0 saturated carbocycles. The summed E-state index contributed by atoms with van der Waals surface area (Å²) in [6, 6.07) is 5.00. The minimum absolute atomic E-state index is 0.333. The molecule has 0 aliphatic carbocycles. The third-order valence-corrected chi connectivity index (χ3v) is 4.93. The van der Waals surface area contributed by atoms with Gasteiger partial charge in [0, 0.05) is 10.4 Å². The first-order valence-electron chi connectivity index (χ1n) is 8.32. The summed E-state index contributed by atoms with van der Waals surface area (Å²) >= 11 is 1.34. The third-order valence-electron chi connectivity index (χ3n) is 3.81. The fourth-order valence-electron chi connectivity index (χ4n) is 2.43. The van der Waals surface area contributed by atoms with Crippen LogP contribution in [0.5, 0.6) is 11.5 Å². The van der Waals surface area contributed by atoms with Gasteiger partial charge in [-0.15, -0.1) is 11.3 Å². The molecule has 0 unspecified atom stereocenters. The largest absolute Gasteiger partial charge is 0.490 e. The molecule has 1 amide bonds. The van der Waals surface area contributed by atoms with E-state index >= 15 is 0 Å². The molecule has 6 nitrogen and oxygen atoms in total. The molecule has 2 rings (SSSR count). The first kappa shape index (κ1) is 19.8. The van der Waals surface area contributed by atoms with Crippen molar-refractivity contribution in [2.75, 3.05) is 25.6 Å². The Morgan fingerprint density at radius 1 is 1.08 bits per heavy atom. The van der Waals surface area contributed by atoms with Gasteiger partial charge in [-0.25, -0.2) is 4.79 Å². The van der Waals surface area contributed by atoms with Crippen molar-refractivity contribution in [2.45, 2.75) is 27.7 Å². The highest BCUT2D eigenvalue weighted by Crippen LogP contribution is 2.34. The number of aryl methyl sites for hydroxylation is 1. The predicted molar refractivity (Wildman–Crippen MR) is 102 cm³/mol. The smallest absolute Gasteiger partial charge is 0.341 e. The molecule has 1 N–H and O–H groups in total. The molecule has 0 aliphatic rings. The van der Waals surface area contributed by atoms with Crippen LogP contribution >= 0.6 is 11.3 Å². The first-order valence-corrected chi connectivity index (χ1v) is 9.13. The van der Waals surface area contributed by atoms with Crippen molar-refractivity contribution in [1.29, 1.82) is 0 Å². The van der Waals surface area contributed by atoms with Gasteiger partial charge in [-0.1, -0.05) is 0 Å². The van der Waals surface area contributed by atoms with E-state index in [0.717, 1.165) is 10.4 Å². The number of carbonyl (C=O) groups is 2. The molecule has 0 spiro atoms. The van der Waals surface area contributed by atoms with Crippen LogP contribution in [0.2, 0.25) is 0 Å². The van der Waals surface area contributed by atoms with Crippen LogP contribution in [0.1, 0.15) is 45.0 Å². The molecule has 1 heterocycles. The molecular formula is C19H23NO5S. The standard InChI is InChI=1S/C19H23NO5S/c1-6-24-14-9-8-13(10-15(14)25-7-2)17(21)20-18-16(19(22)23-5)11(3)12(4)26-18/h8-10H,6-7H2,1-5H3,(H,20,21). The van der Waals surface area contributed by atoms with Crippen molar-refractivity contribution in [2.24, 2.45) is 0 Å². The highest BCUT2D eigenvalue weighted by atomic mass is 32.1. The number of esters is 1. The van der Waals surface area contributed by atoms with Gasteiger partial charge in [0.05, 0.1) is 25.9 Å². The normalized spacial score (nSPS) is 10.3. The minimum Gasteiger partial charge on any atom is -0.490 e. The van der Waals surface area contributed by atoms with Crippen LogP contribution in [0.25, 0.3) is 0 Å². The lowest BCUT2D eigenvalue weighted by atomic mass is 10.1. The molecule has 0 bridgehead atoms. The van der Waals surface area contributed by atoms with E-state index in [0.29, 0.717) is 40.8 Å². The summed E-state index contributed by atoms with van der Waals surface area (Å²) < 4.78 is 15.9. The lowest BCUT2D eigenvalue weighted by Crippen LogP contribution is -2.14. The van der Waals surface area contributed by atoms with Gasteiger partial charge in [-0.3, -0.25) is 4.79 Å². The van der Waals surface area contributed by atoms with E-state index in [1.165, 1.54) is 18.4 Å². The fraction of sp³-hybridized carbons (Fsp3) is 0.368. The van der Waals surface area contributed by atoms with Gasteiger partial charge in [0.15, 0.2) is 11.5 Å². The summed E-state index contributed by atoms with van der Waals surface area (Å²) in [6.45, 7) is 8.43. The maximum Gasteiger partial charge on any atom is 0.341 e. The number of rotatable bonds is 7. The molecule has 0 atom stereocenters. The summed E-state index contributed by atoms with van der Waals surface area (Å²) in [7, 11) is 1.32. The number of nitrogens with one attached hydrogen (secondary N) is 1. The van der Waals surface area contributed by atoms with Crippen molar-refractivity contribution < 1.29 is 23.8 Å². The van der Waals surface area contributed by atoms with Crippen molar-refractivity contribution in [3.8, 4) is 11.5 Å². The number of ether oxygens (including phenoxy) is 3. The number of benzene rings is 1. The summed E-state index contributed by atoms with van der Waals surface area (Å²) in [4.78, 5) is 25.7. The van der Waals surface area contributed by atoms with Gasteiger partial charge in [0.1, 0.15) is 5.00 Å². The van der Waals surface area contributed by atoms with E-state index in [-0.39, 0.29) is 5.91 Å². The molecule has 0 saturated heterocycles. The molecule has 1 aromatic carbocycles. The molecule has 140 valence electrons. The molecule has 0 aliphatic heterocycles. The predicted octanol–water partition coefficient (Wildman–Crippen LogP) is 4.20. The summed E-state index contributed by atoms with van der Waals surface area (Å²) in [6.07, 6.45) is 0. The van der Waals surface area contributed by atoms with Crippen LogP contribution in [0.15, 0.2) is 18.2 Å². The Hall–Kier alpha value is -2.54. The van der Waals surface area contributed by atoms with Gasteiger partial charge in [-0.2, -0.15) is 0 Å². The summed E-state index contributed by atoms with van der Waals surface area (Å²) in [5, 5.41) is 3.28. The van der Waals surface area contributed by atoms with Crippen LogP contribution in [0.3, 0.4) is 0 Å². The average Bonchev–Trinajstić information content (AvgIpc) is 2.90. The van der Waals surface area contributed by atoms with Crippen molar-refractivity contribution in [3.05, 3.63) is 39.8 Å². The quantitative estimate of drug-likeness (QED) is 0.732. The van der Waals surface area contributed by atoms with E-state index in [9.17, 15) is 9.59 Å².